The molecule has 0 aromatic rings. The smallest absolute Gasteiger partial charge is 0.0104 e. The third kappa shape index (κ3) is 3.74. The Labute approximate surface area is 94.6 Å². The van der Waals surface area contributed by atoms with Crippen molar-refractivity contribution in [3.63, 3.8) is 0 Å². The molecular weight excluding hydrogens is 186 g/mol. The molecular formula is C12H27N3. The SMILES string of the molecule is CCN(CC)CC1CN(CC)CCC1N. The first kappa shape index (κ1) is 12.9. The third-order valence-electron chi connectivity index (χ3n) is 3.71. The maximum Gasteiger partial charge on any atom is 0.0104 e. The van der Waals surface area contributed by atoms with E-state index >= 15 is 0 Å². The predicted molar refractivity (Wildman–Crippen MR) is 66.0 cm³/mol. The van der Waals surface area contributed by atoms with Gasteiger partial charge in [-0.1, -0.05) is 20.8 Å². The highest BCUT2D eigenvalue weighted by atomic mass is 15.2. The number of nitrogens with two attached hydrogens (primary N) is 1. The van der Waals surface area contributed by atoms with Crippen molar-refractivity contribution in [3.05, 3.63) is 0 Å². The standard InChI is InChI=1S/C12H27N3/c1-4-14(5-2)9-11-10-15(6-3)8-7-12(11)13/h11-12H,4-10,13H2,1-3H3. The van der Waals surface area contributed by atoms with Crippen LogP contribution in [0.4, 0.5) is 0 Å². The molecule has 1 aliphatic rings. The summed E-state index contributed by atoms with van der Waals surface area (Å²) in [6.45, 7) is 13.7. The number of rotatable bonds is 5. The van der Waals surface area contributed by atoms with E-state index < -0.39 is 0 Å². The molecule has 0 spiro atoms. The first-order valence-electron chi connectivity index (χ1n) is 6.41. The molecule has 1 aliphatic heterocycles. The molecule has 3 nitrogen and oxygen atoms in total. The van der Waals surface area contributed by atoms with Crippen LogP contribution in [0.1, 0.15) is 27.2 Å². The molecule has 1 fully saturated rings. The monoisotopic (exact) mass is 213 g/mol. The molecule has 0 radical (unpaired) electrons. The summed E-state index contributed by atoms with van der Waals surface area (Å²) in [7, 11) is 0. The van der Waals surface area contributed by atoms with Gasteiger partial charge in [-0.25, -0.2) is 0 Å². The second-order valence-corrected chi connectivity index (χ2v) is 4.59. The van der Waals surface area contributed by atoms with Gasteiger partial charge in [0.05, 0.1) is 0 Å². The zero-order valence-electron chi connectivity index (χ0n) is 10.6. The van der Waals surface area contributed by atoms with Crippen molar-refractivity contribution in [1.82, 2.24) is 9.80 Å². The van der Waals surface area contributed by atoms with E-state index in [1.165, 1.54) is 32.6 Å². The Balaban J connectivity index is 2.43. The summed E-state index contributed by atoms with van der Waals surface area (Å²) in [6, 6.07) is 0.411. The number of hydrogen-bond acceptors (Lipinski definition) is 3. The molecule has 3 heteroatoms. The molecule has 0 aromatic heterocycles. The van der Waals surface area contributed by atoms with Gasteiger partial charge in [-0.2, -0.15) is 0 Å². The second kappa shape index (κ2) is 6.46. The van der Waals surface area contributed by atoms with Gasteiger partial charge in [0, 0.05) is 19.1 Å². The number of hydrogen-bond donors (Lipinski definition) is 1. The molecule has 1 rings (SSSR count). The van der Waals surface area contributed by atoms with E-state index in [1.54, 1.807) is 0 Å². The third-order valence-corrected chi connectivity index (χ3v) is 3.71. The van der Waals surface area contributed by atoms with E-state index in [2.05, 4.69) is 30.6 Å². The van der Waals surface area contributed by atoms with E-state index in [0.717, 1.165) is 13.1 Å². The number of likely N-dealkylation sites (tertiary alicyclic amines) is 1. The van der Waals surface area contributed by atoms with Crippen LogP contribution >= 0.6 is 0 Å². The van der Waals surface area contributed by atoms with Gasteiger partial charge in [0.15, 0.2) is 0 Å². The van der Waals surface area contributed by atoms with Gasteiger partial charge in [-0.05, 0) is 38.5 Å². The van der Waals surface area contributed by atoms with Gasteiger partial charge < -0.3 is 15.5 Å². The van der Waals surface area contributed by atoms with Crippen molar-refractivity contribution in [3.8, 4) is 0 Å². The van der Waals surface area contributed by atoms with Crippen LogP contribution in [0.15, 0.2) is 0 Å². The Kier molecular flexibility index (Phi) is 5.58. The number of piperidine rings is 1. The van der Waals surface area contributed by atoms with E-state index in [1.807, 2.05) is 0 Å². The summed E-state index contributed by atoms with van der Waals surface area (Å²) in [5.74, 6) is 0.665. The van der Waals surface area contributed by atoms with Crippen LogP contribution in [0.3, 0.4) is 0 Å². The van der Waals surface area contributed by atoms with Crippen LogP contribution in [0.2, 0.25) is 0 Å². The summed E-state index contributed by atoms with van der Waals surface area (Å²) < 4.78 is 0. The van der Waals surface area contributed by atoms with Gasteiger partial charge >= 0.3 is 0 Å². The van der Waals surface area contributed by atoms with Crippen LogP contribution < -0.4 is 5.73 Å². The van der Waals surface area contributed by atoms with E-state index in [9.17, 15) is 0 Å². The fourth-order valence-electron chi connectivity index (χ4n) is 2.42. The minimum atomic E-state index is 0.411. The highest BCUT2D eigenvalue weighted by Crippen LogP contribution is 2.16. The van der Waals surface area contributed by atoms with Crippen molar-refractivity contribution >= 4 is 0 Å². The molecule has 15 heavy (non-hydrogen) atoms. The minimum Gasteiger partial charge on any atom is -0.327 e. The molecule has 0 aromatic carbocycles. The van der Waals surface area contributed by atoms with E-state index in [-0.39, 0.29) is 0 Å². The Morgan fingerprint density at radius 2 is 1.93 bits per heavy atom. The summed E-state index contributed by atoms with van der Waals surface area (Å²) in [5, 5.41) is 0. The van der Waals surface area contributed by atoms with Crippen LogP contribution in [0.5, 0.6) is 0 Å². The molecule has 0 saturated carbocycles. The van der Waals surface area contributed by atoms with Gasteiger partial charge in [-0.15, -0.1) is 0 Å². The molecule has 0 bridgehead atoms. The Bertz CT molecular complexity index is 168. The lowest BCUT2D eigenvalue weighted by Gasteiger charge is -2.38. The van der Waals surface area contributed by atoms with Crippen LogP contribution in [0, 0.1) is 5.92 Å². The quantitative estimate of drug-likeness (QED) is 0.739. The van der Waals surface area contributed by atoms with Crippen LogP contribution in [-0.4, -0.2) is 55.1 Å². The minimum absolute atomic E-state index is 0.411. The van der Waals surface area contributed by atoms with Crippen molar-refractivity contribution in [2.45, 2.75) is 33.2 Å². The molecule has 2 N–H and O–H groups in total. The Hall–Kier alpha value is -0.120. The van der Waals surface area contributed by atoms with Crippen molar-refractivity contribution in [2.75, 3.05) is 39.3 Å². The lowest BCUT2D eigenvalue weighted by atomic mass is 9.92. The normalized spacial score (nSPS) is 28.6. The zero-order chi connectivity index (χ0) is 11.3. The Morgan fingerprint density at radius 1 is 1.27 bits per heavy atom. The van der Waals surface area contributed by atoms with Crippen LogP contribution in [-0.2, 0) is 0 Å². The molecule has 0 aliphatic carbocycles. The summed E-state index contributed by atoms with van der Waals surface area (Å²) >= 11 is 0. The first-order valence-corrected chi connectivity index (χ1v) is 6.41. The molecule has 1 heterocycles. The van der Waals surface area contributed by atoms with Gasteiger partial charge in [-0.3, -0.25) is 0 Å². The van der Waals surface area contributed by atoms with Crippen molar-refractivity contribution < 1.29 is 0 Å². The highest BCUT2D eigenvalue weighted by molar-refractivity contribution is 4.84. The molecule has 90 valence electrons. The Morgan fingerprint density at radius 3 is 2.47 bits per heavy atom. The maximum absolute atomic E-state index is 6.20. The molecule has 2 atom stereocenters. The average molecular weight is 213 g/mol. The summed E-state index contributed by atoms with van der Waals surface area (Å²) in [4.78, 5) is 5.02. The number of nitrogens with zero attached hydrogens (tertiary/aromatic N) is 2. The summed E-state index contributed by atoms with van der Waals surface area (Å²) in [6.07, 6.45) is 1.17. The van der Waals surface area contributed by atoms with Crippen molar-refractivity contribution in [1.29, 1.82) is 0 Å². The lowest BCUT2D eigenvalue weighted by molar-refractivity contribution is 0.125. The average Bonchev–Trinajstić information content (AvgIpc) is 2.28. The van der Waals surface area contributed by atoms with Crippen molar-refractivity contribution in [2.24, 2.45) is 11.7 Å². The van der Waals surface area contributed by atoms with Crippen LogP contribution in [0.25, 0.3) is 0 Å². The fraction of sp³-hybridized carbons (Fsp3) is 1.00. The zero-order valence-corrected chi connectivity index (χ0v) is 10.6. The van der Waals surface area contributed by atoms with Gasteiger partial charge in [0.2, 0.25) is 0 Å². The maximum atomic E-state index is 6.20. The first-order chi connectivity index (χ1) is 7.21. The lowest BCUT2D eigenvalue weighted by Crippen LogP contribution is -2.51. The van der Waals surface area contributed by atoms with Gasteiger partial charge in [0.1, 0.15) is 0 Å². The topological polar surface area (TPSA) is 32.5 Å². The second-order valence-electron chi connectivity index (χ2n) is 4.59. The summed E-state index contributed by atoms with van der Waals surface area (Å²) in [5.41, 5.74) is 6.20. The fourth-order valence-corrected chi connectivity index (χ4v) is 2.42. The molecule has 2 unspecified atom stereocenters. The molecule has 1 saturated heterocycles. The predicted octanol–water partition coefficient (Wildman–Crippen LogP) is 0.997. The van der Waals surface area contributed by atoms with E-state index in [4.69, 9.17) is 5.73 Å². The van der Waals surface area contributed by atoms with E-state index in [0.29, 0.717) is 12.0 Å². The highest BCUT2D eigenvalue weighted by Gasteiger charge is 2.26. The van der Waals surface area contributed by atoms with Gasteiger partial charge in [0.25, 0.3) is 0 Å². The molecule has 0 amide bonds. The largest absolute Gasteiger partial charge is 0.327 e.